The minimum atomic E-state index is -0.197. The molecular weight excluding hydrogens is 194 g/mol. The van der Waals surface area contributed by atoms with Gasteiger partial charge >= 0.3 is 0 Å². The second-order valence-corrected chi connectivity index (χ2v) is 3.37. The van der Waals surface area contributed by atoms with Gasteiger partial charge in [-0.15, -0.1) is 0 Å². The SMILES string of the molecule is CCN(CC)C(=O)c1c(O)c(N)cn1C. The molecule has 1 aromatic rings. The Labute approximate surface area is 89.1 Å². The number of aryl methyl sites for hydroxylation is 1. The second kappa shape index (κ2) is 4.25. The fraction of sp³-hybridized carbons (Fsp3) is 0.500. The van der Waals surface area contributed by atoms with E-state index in [9.17, 15) is 9.90 Å². The lowest BCUT2D eigenvalue weighted by molar-refractivity contribution is 0.0760. The summed E-state index contributed by atoms with van der Waals surface area (Å²) in [4.78, 5) is 13.6. The zero-order chi connectivity index (χ0) is 11.6. The molecule has 0 unspecified atom stereocenters. The second-order valence-electron chi connectivity index (χ2n) is 3.37. The Morgan fingerprint density at radius 3 is 2.40 bits per heavy atom. The van der Waals surface area contributed by atoms with E-state index in [1.165, 1.54) is 6.20 Å². The van der Waals surface area contributed by atoms with E-state index in [0.29, 0.717) is 13.1 Å². The van der Waals surface area contributed by atoms with Crippen LogP contribution in [0.1, 0.15) is 24.3 Å². The van der Waals surface area contributed by atoms with Gasteiger partial charge in [0.05, 0.1) is 5.69 Å². The van der Waals surface area contributed by atoms with Crippen LogP contribution in [0.5, 0.6) is 5.75 Å². The van der Waals surface area contributed by atoms with Crippen LogP contribution in [0, 0.1) is 0 Å². The molecule has 0 bridgehead atoms. The largest absolute Gasteiger partial charge is 0.504 e. The van der Waals surface area contributed by atoms with Crippen molar-refractivity contribution in [2.45, 2.75) is 13.8 Å². The standard InChI is InChI=1S/C10H17N3O2/c1-4-13(5-2)10(15)8-9(14)7(11)6-12(8)3/h6,14H,4-5,11H2,1-3H3. The van der Waals surface area contributed by atoms with Crippen LogP contribution in [0.15, 0.2) is 6.20 Å². The Morgan fingerprint density at radius 1 is 1.53 bits per heavy atom. The first-order chi connectivity index (χ1) is 7.02. The summed E-state index contributed by atoms with van der Waals surface area (Å²) in [6.07, 6.45) is 1.53. The number of aromatic hydroxyl groups is 1. The molecule has 1 rings (SSSR count). The molecule has 5 nitrogen and oxygen atoms in total. The van der Waals surface area contributed by atoms with Crippen LogP contribution in [-0.4, -0.2) is 33.6 Å². The number of carbonyl (C=O) groups is 1. The molecule has 1 aromatic heterocycles. The third-order valence-electron chi connectivity index (χ3n) is 2.44. The maximum Gasteiger partial charge on any atom is 0.274 e. The van der Waals surface area contributed by atoms with E-state index in [1.54, 1.807) is 16.5 Å². The molecule has 1 heterocycles. The Hall–Kier alpha value is -1.65. The maximum atomic E-state index is 12.0. The van der Waals surface area contributed by atoms with Crippen molar-refractivity contribution in [2.75, 3.05) is 18.8 Å². The Morgan fingerprint density at radius 2 is 2.07 bits per heavy atom. The van der Waals surface area contributed by atoms with Crippen molar-refractivity contribution in [2.24, 2.45) is 7.05 Å². The third-order valence-corrected chi connectivity index (χ3v) is 2.44. The van der Waals surface area contributed by atoms with Crippen LogP contribution >= 0.6 is 0 Å². The first-order valence-corrected chi connectivity index (χ1v) is 4.95. The molecule has 0 fully saturated rings. The highest BCUT2D eigenvalue weighted by atomic mass is 16.3. The van der Waals surface area contributed by atoms with Crippen molar-refractivity contribution in [3.05, 3.63) is 11.9 Å². The Balaban J connectivity index is 3.10. The predicted molar refractivity (Wildman–Crippen MR) is 58.7 cm³/mol. The number of anilines is 1. The van der Waals surface area contributed by atoms with Crippen LogP contribution in [0.2, 0.25) is 0 Å². The number of carbonyl (C=O) groups excluding carboxylic acids is 1. The lowest BCUT2D eigenvalue weighted by atomic mass is 10.3. The number of nitrogens with two attached hydrogens (primary N) is 1. The molecule has 0 aliphatic heterocycles. The lowest BCUT2D eigenvalue weighted by Gasteiger charge is -2.18. The highest BCUT2D eigenvalue weighted by Crippen LogP contribution is 2.27. The van der Waals surface area contributed by atoms with Gasteiger partial charge in [0.1, 0.15) is 0 Å². The number of nitrogen functional groups attached to an aromatic ring is 1. The van der Waals surface area contributed by atoms with E-state index in [4.69, 9.17) is 5.73 Å². The van der Waals surface area contributed by atoms with E-state index in [0.717, 1.165) is 0 Å². The number of rotatable bonds is 3. The van der Waals surface area contributed by atoms with E-state index >= 15 is 0 Å². The number of amides is 1. The third kappa shape index (κ3) is 1.91. The molecule has 0 spiro atoms. The minimum Gasteiger partial charge on any atom is -0.504 e. The summed E-state index contributed by atoms with van der Waals surface area (Å²) in [6, 6.07) is 0. The van der Waals surface area contributed by atoms with Gasteiger partial charge in [-0.2, -0.15) is 0 Å². The van der Waals surface area contributed by atoms with Crippen LogP contribution in [0.4, 0.5) is 5.69 Å². The smallest absolute Gasteiger partial charge is 0.274 e. The molecule has 0 atom stereocenters. The Kier molecular flexibility index (Phi) is 3.24. The lowest BCUT2D eigenvalue weighted by Crippen LogP contribution is -2.31. The van der Waals surface area contributed by atoms with Crippen LogP contribution < -0.4 is 5.73 Å². The van der Waals surface area contributed by atoms with Gasteiger partial charge in [0.2, 0.25) is 0 Å². The number of hydrogen-bond acceptors (Lipinski definition) is 3. The zero-order valence-corrected chi connectivity index (χ0v) is 9.32. The molecule has 0 aromatic carbocycles. The van der Waals surface area contributed by atoms with Gasteiger partial charge in [-0.25, -0.2) is 0 Å². The van der Waals surface area contributed by atoms with Crippen molar-refractivity contribution < 1.29 is 9.90 Å². The number of hydrogen-bond donors (Lipinski definition) is 2. The molecule has 0 saturated carbocycles. The Bertz CT molecular complexity index is 367. The van der Waals surface area contributed by atoms with Crippen molar-refractivity contribution >= 4 is 11.6 Å². The van der Waals surface area contributed by atoms with Gasteiger partial charge in [-0.3, -0.25) is 4.79 Å². The van der Waals surface area contributed by atoms with Gasteiger partial charge < -0.3 is 20.3 Å². The van der Waals surface area contributed by atoms with Crippen LogP contribution in [-0.2, 0) is 7.05 Å². The van der Waals surface area contributed by atoms with Crippen molar-refractivity contribution in [3.63, 3.8) is 0 Å². The monoisotopic (exact) mass is 211 g/mol. The van der Waals surface area contributed by atoms with Crippen molar-refractivity contribution in [1.29, 1.82) is 0 Å². The molecule has 0 radical (unpaired) electrons. The van der Waals surface area contributed by atoms with Gasteiger partial charge in [0.25, 0.3) is 5.91 Å². The molecular formula is C10H17N3O2. The summed E-state index contributed by atoms with van der Waals surface area (Å²) in [5, 5.41) is 9.64. The van der Waals surface area contributed by atoms with Crippen LogP contribution in [0.25, 0.3) is 0 Å². The van der Waals surface area contributed by atoms with E-state index in [2.05, 4.69) is 0 Å². The molecule has 0 saturated heterocycles. The first-order valence-electron chi connectivity index (χ1n) is 4.95. The maximum absolute atomic E-state index is 12.0. The fourth-order valence-electron chi connectivity index (χ4n) is 1.55. The van der Waals surface area contributed by atoms with E-state index < -0.39 is 0 Å². The fourth-order valence-corrected chi connectivity index (χ4v) is 1.55. The first kappa shape index (κ1) is 11.4. The normalized spacial score (nSPS) is 10.3. The van der Waals surface area contributed by atoms with Crippen LogP contribution in [0.3, 0.4) is 0 Å². The zero-order valence-electron chi connectivity index (χ0n) is 9.32. The summed E-state index contributed by atoms with van der Waals surface area (Å²) >= 11 is 0. The van der Waals surface area contributed by atoms with Crippen molar-refractivity contribution in [3.8, 4) is 5.75 Å². The average molecular weight is 211 g/mol. The molecule has 15 heavy (non-hydrogen) atoms. The molecule has 1 amide bonds. The topological polar surface area (TPSA) is 71.5 Å². The van der Waals surface area contributed by atoms with E-state index in [1.807, 2.05) is 13.8 Å². The summed E-state index contributed by atoms with van der Waals surface area (Å²) in [5.74, 6) is -0.328. The molecule has 84 valence electrons. The summed E-state index contributed by atoms with van der Waals surface area (Å²) in [6.45, 7) is 5.01. The predicted octanol–water partition coefficient (Wildman–Crippen LogP) is 0.795. The van der Waals surface area contributed by atoms with Gasteiger partial charge in [0.15, 0.2) is 11.4 Å². The number of nitrogens with zero attached hydrogens (tertiary/aromatic N) is 2. The summed E-state index contributed by atoms with van der Waals surface area (Å²) in [5.41, 5.74) is 6.00. The van der Waals surface area contributed by atoms with Gasteiger partial charge in [-0.1, -0.05) is 0 Å². The van der Waals surface area contributed by atoms with Crippen molar-refractivity contribution in [1.82, 2.24) is 9.47 Å². The molecule has 0 aliphatic carbocycles. The highest BCUT2D eigenvalue weighted by Gasteiger charge is 2.22. The van der Waals surface area contributed by atoms with Gasteiger partial charge in [0, 0.05) is 26.3 Å². The molecule has 5 heteroatoms. The summed E-state index contributed by atoms with van der Waals surface area (Å²) in [7, 11) is 1.69. The minimum absolute atomic E-state index is 0.130. The van der Waals surface area contributed by atoms with E-state index in [-0.39, 0.29) is 23.0 Å². The number of aromatic nitrogens is 1. The molecule has 0 aliphatic rings. The average Bonchev–Trinajstić information content (AvgIpc) is 2.43. The quantitative estimate of drug-likeness (QED) is 0.776. The highest BCUT2D eigenvalue weighted by molar-refractivity contribution is 5.97. The van der Waals surface area contributed by atoms with Gasteiger partial charge in [-0.05, 0) is 13.8 Å². The summed E-state index contributed by atoms with van der Waals surface area (Å²) < 4.78 is 1.55. The molecule has 3 N–H and O–H groups in total.